The number of ether oxygens (including phenoxy) is 2. The van der Waals surface area contributed by atoms with Crippen molar-refractivity contribution in [3.8, 4) is 0 Å². The minimum atomic E-state index is -1.69. The molecule has 0 aromatic heterocycles. The molecule has 1 aromatic carbocycles. The lowest BCUT2D eigenvalue weighted by atomic mass is 10.00. The summed E-state index contributed by atoms with van der Waals surface area (Å²) in [6.45, 7) is -3.54. The molecule has 45 heavy (non-hydrogen) atoms. The molecule has 2 rings (SSSR count). The number of nitro groups is 1. The number of anilines is 1. The third kappa shape index (κ3) is 12.6. The predicted molar refractivity (Wildman–Crippen MR) is 148 cm³/mol. The van der Waals surface area contributed by atoms with Crippen LogP contribution in [0.5, 0.6) is 0 Å². The maximum Gasteiger partial charge on any atom is 0.507 e. The second kappa shape index (κ2) is 17.3. The standard InChI is InChI=1S/C25H33N5O15/c31-20(32)11-27(10-17-2-1-3-19(45-25(40)41)29(17)13-22(35)36)8-9-28(12-21(33)34)18(23(37)38)14-44-24(39)26-15-4-6-16(7-5-15)30(42)43/h4-7,17-19H,1-3,8-14H2,(H,26,39)(H,31,32)(H,33,34)(H,35,36)(H,37,38)(H,40,41)/t17-,18?,19+/m0/s1. The molecule has 1 aromatic rings. The number of carbonyl (C=O) groups excluding carboxylic acids is 1. The molecule has 1 heterocycles. The Morgan fingerprint density at radius 1 is 0.956 bits per heavy atom. The van der Waals surface area contributed by atoms with Crippen LogP contribution in [0.4, 0.5) is 21.0 Å². The molecule has 0 saturated carbocycles. The van der Waals surface area contributed by atoms with Crippen LogP contribution in [-0.4, -0.2) is 145 Å². The summed E-state index contributed by atoms with van der Waals surface area (Å²) in [5, 5.41) is 60.1. The lowest BCUT2D eigenvalue weighted by molar-refractivity contribution is -0.384. The number of amides is 1. The topological polar surface area (TPSA) is 287 Å². The van der Waals surface area contributed by atoms with Crippen molar-refractivity contribution in [3.63, 3.8) is 0 Å². The number of nitro benzene ring substituents is 1. The second-order valence-corrected chi connectivity index (χ2v) is 9.86. The Bertz CT molecular complexity index is 1240. The molecule has 1 saturated heterocycles. The number of nitrogens with one attached hydrogen (secondary N) is 1. The van der Waals surface area contributed by atoms with Crippen molar-refractivity contribution in [2.75, 3.05) is 51.2 Å². The lowest BCUT2D eigenvalue weighted by Gasteiger charge is -2.42. The van der Waals surface area contributed by atoms with E-state index in [1.54, 1.807) is 0 Å². The van der Waals surface area contributed by atoms with Gasteiger partial charge in [-0.1, -0.05) is 0 Å². The van der Waals surface area contributed by atoms with Crippen LogP contribution in [0, 0.1) is 10.1 Å². The highest BCUT2D eigenvalue weighted by molar-refractivity contribution is 5.85. The molecule has 6 N–H and O–H groups in total. The van der Waals surface area contributed by atoms with Crippen LogP contribution in [-0.2, 0) is 28.7 Å². The van der Waals surface area contributed by atoms with Gasteiger partial charge >= 0.3 is 36.1 Å². The number of benzene rings is 1. The van der Waals surface area contributed by atoms with Gasteiger partial charge in [0.1, 0.15) is 12.6 Å². The zero-order chi connectivity index (χ0) is 33.7. The molecule has 1 unspecified atom stereocenters. The summed E-state index contributed by atoms with van der Waals surface area (Å²) in [6, 6.07) is 2.28. The van der Waals surface area contributed by atoms with E-state index in [0.29, 0.717) is 12.8 Å². The van der Waals surface area contributed by atoms with Crippen LogP contribution in [0.3, 0.4) is 0 Å². The van der Waals surface area contributed by atoms with Gasteiger partial charge in [-0.2, -0.15) is 0 Å². The molecule has 0 spiro atoms. The molecule has 1 aliphatic rings. The van der Waals surface area contributed by atoms with Crippen molar-refractivity contribution in [1.29, 1.82) is 0 Å². The van der Waals surface area contributed by atoms with E-state index < -0.39 is 85.6 Å². The number of rotatable bonds is 18. The number of carboxylic acids is 4. The minimum Gasteiger partial charge on any atom is -0.480 e. The molecule has 1 fully saturated rings. The molecule has 20 nitrogen and oxygen atoms in total. The smallest absolute Gasteiger partial charge is 0.480 e. The first kappa shape index (κ1) is 36.1. The van der Waals surface area contributed by atoms with Crippen LogP contribution in [0.25, 0.3) is 0 Å². The van der Waals surface area contributed by atoms with Crippen LogP contribution in [0.1, 0.15) is 19.3 Å². The Morgan fingerprint density at radius 3 is 2.13 bits per heavy atom. The molecule has 20 heteroatoms. The van der Waals surface area contributed by atoms with Crippen molar-refractivity contribution < 1.29 is 68.7 Å². The van der Waals surface area contributed by atoms with E-state index >= 15 is 0 Å². The molecule has 3 atom stereocenters. The summed E-state index contributed by atoms with van der Waals surface area (Å²) in [6.07, 6.45) is -2.85. The van der Waals surface area contributed by atoms with Crippen molar-refractivity contribution in [2.45, 2.75) is 37.6 Å². The maximum absolute atomic E-state index is 12.3. The maximum atomic E-state index is 12.3. The zero-order valence-electron chi connectivity index (χ0n) is 23.7. The van der Waals surface area contributed by atoms with E-state index in [-0.39, 0.29) is 37.4 Å². The fourth-order valence-electron chi connectivity index (χ4n) is 4.74. The van der Waals surface area contributed by atoms with E-state index in [1.807, 2.05) is 0 Å². The van der Waals surface area contributed by atoms with Gasteiger partial charge in [0.05, 0.1) is 24.6 Å². The van der Waals surface area contributed by atoms with E-state index in [0.717, 1.165) is 17.0 Å². The van der Waals surface area contributed by atoms with Gasteiger partial charge in [0.25, 0.3) is 5.69 Å². The molecule has 0 bridgehead atoms. The van der Waals surface area contributed by atoms with Crippen LogP contribution >= 0.6 is 0 Å². The van der Waals surface area contributed by atoms with E-state index in [9.17, 15) is 59.3 Å². The Kier molecular flexibility index (Phi) is 13.9. The zero-order valence-corrected chi connectivity index (χ0v) is 23.7. The molecule has 1 amide bonds. The second-order valence-electron chi connectivity index (χ2n) is 9.86. The third-order valence-corrected chi connectivity index (χ3v) is 6.67. The molecule has 248 valence electrons. The number of nitrogens with zero attached hydrogens (tertiary/aromatic N) is 4. The number of hydrogen-bond acceptors (Lipinski definition) is 13. The summed E-state index contributed by atoms with van der Waals surface area (Å²) in [7, 11) is 0. The Labute approximate surface area is 254 Å². The average molecular weight is 644 g/mol. The van der Waals surface area contributed by atoms with Crippen LogP contribution < -0.4 is 5.32 Å². The largest absolute Gasteiger partial charge is 0.507 e. The van der Waals surface area contributed by atoms with Crippen LogP contribution in [0.2, 0.25) is 0 Å². The Balaban J connectivity index is 2.15. The van der Waals surface area contributed by atoms with Crippen molar-refractivity contribution >= 4 is 47.5 Å². The van der Waals surface area contributed by atoms with Gasteiger partial charge in [0, 0.05) is 43.5 Å². The first-order valence-electron chi connectivity index (χ1n) is 13.3. The minimum absolute atomic E-state index is 0.0971. The SMILES string of the molecule is O=C(O)CN(CCN(CC(=O)O)C(COC(=O)Nc1ccc([N+](=O)[O-])cc1)C(=O)O)C[C@@H]1CCC[C@@H](OC(=O)O)N1CC(=O)O. The van der Waals surface area contributed by atoms with Gasteiger partial charge in [-0.05, 0) is 31.4 Å². The third-order valence-electron chi connectivity index (χ3n) is 6.67. The fourth-order valence-corrected chi connectivity index (χ4v) is 4.74. The number of non-ortho nitro benzene ring substituents is 1. The van der Waals surface area contributed by atoms with Crippen molar-refractivity contribution in [3.05, 3.63) is 34.4 Å². The predicted octanol–water partition coefficient (Wildman–Crippen LogP) is 0.330. The van der Waals surface area contributed by atoms with E-state index in [1.165, 1.54) is 21.9 Å². The Morgan fingerprint density at radius 2 is 1.60 bits per heavy atom. The quantitative estimate of drug-likeness (QED) is 0.0713. The van der Waals surface area contributed by atoms with E-state index in [4.69, 9.17) is 14.6 Å². The van der Waals surface area contributed by atoms with Gasteiger partial charge in [-0.3, -0.25) is 49.3 Å². The summed E-state index contributed by atoms with van der Waals surface area (Å²) in [5.74, 6) is -5.56. The molecule has 0 aliphatic carbocycles. The summed E-state index contributed by atoms with van der Waals surface area (Å²) in [4.78, 5) is 83.8. The first-order valence-corrected chi connectivity index (χ1v) is 13.3. The van der Waals surface area contributed by atoms with E-state index in [2.05, 4.69) is 5.32 Å². The normalized spacial score (nSPS) is 17.3. The number of likely N-dealkylation sites (tertiary alicyclic amines) is 1. The monoisotopic (exact) mass is 643 g/mol. The summed E-state index contributed by atoms with van der Waals surface area (Å²) >= 11 is 0. The number of piperidine rings is 1. The van der Waals surface area contributed by atoms with Crippen molar-refractivity contribution in [1.82, 2.24) is 14.7 Å². The van der Waals surface area contributed by atoms with Gasteiger partial charge in [0.2, 0.25) is 0 Å². The first-order chi connectivity index (χ1) is 21.2. The highest BCUT2D eigenvalue weighted by Crippen LogP contribution is 2.25. The van der Waals surface area contributed by atoms with Gasteiger partial charge in [0.15, 0.2) is 6.23 Å². The number of carbonyl (C=O) groups is 6. The highest BCUT2D eigenvalue weighted by Gasteiger charge is 2.36. The highest BCUT2D eigenvalue weighted by atomic mass is 16.7. The van der Waals surface area contributed by atoms with Gasteiger partial charge < -0.3 is 35.0 Å². The van der Waals surface area contributed by atoms with Crippen molar-refractivity contribution in [2.24, 2.45) is 0 Å². The summed E-state index contributed by atoms with van der Waals surface area (Å²) in [5.41, 5.74) is -0.146. The molecular formula is C25H33N5O15. The Hall–Kier alpha value is -5.08. The number of carboxylic acid groups (broad SMARTS) is 5. The summed E-state index contributed by atoms with van der Waals surface area (Å²) < 4.78 is 9.79. The number of aliphatic carboxylic acids is 4. The van der Waals surface area contributed by atoms with Gasteiger partial charge in [-0.15, -0.1) is 0 Å². The number of hydrogen-bond donors (Lipinski definition) is 6. The lowest BCUT2D eigenvalue weighted by Crippen LogP contribution is -2.56. The van der Waals surface area contributed by atoms with Crippen LogP contribution in [0.15, 0.2) is 24.3 Å². The van der Waals surface area contributed by atoms with Gasteiger partial charge in [-0.25, -0.2) is 9.59 Å². The average Bonchev–Trinajstić information content (AvgIpc) is 2.92. The fraction of sp³-hybridized carbons (Fsp3) is 0.520. The molecule has 0 radical (unpaired) electrons. The molecule has 1 aliphatic heterocycles. The molecular weight excluding hydrogens is 610 g/mol.